The van der Waals surface area contributed by atoms with Crippen molar-refractivity contribution in [3.05, 3.63) is 60.1 Å². The molecule has 2 aromatic carbocycles. The molecule has 1 heterocycles. The number of alkyl halides is 3. The summed E-state index contributed by atoms with van der Waals surface area (Å²) in [6.07, 6.45) is -2.50. The first-order valence-electron chi connectivity index (χ1n) is 8.07. The third kappa shape index (κ3) is 4.22. The highest BCUT2D eigenvalue weighted by molar-refractivity contribution is 7.92. The molecule has 0 bridgehead atoms. The molecule has 0 spiro atoms. The summed E-state index contributed by atoms with van der Waals surface area (Å²) in [5, 5.41) is 9.12. The highest BCUT2D eigenvalue weighted by Crippen LogP contribution is 2.37. The number of sulfonamides is 1. The minimum absolute atomic E-state index is 0.00238. The number of carbonyl (C=O) groups is 1. The summed E-state index contributed by atoms with van der Waals surface area (Å²) in [7, 11) is -3.39. The van der Waals surface area contributed by atoms with Gasteiger partial charge < -0.3 is 14.3 Å². The second kappa shape index (κ2) is 7.71. The van der Waals surface area contributed by atoms with E-state index < -0.39 is 38.3 Å². The van der Waals surface area contributed by atoms with Crippen LogP contribution in [0.15, 0.2) is 58.3 Å². The van der Waals surface area contributed by atoms with Crippen molar-refractivity contribution in [3.8, 4) is 17.1 Å². The van der Waals surface area contributed by atoms with Gasteiger partial charge in [-0.05, 0) is 36.4 Å². The van der Waals surface area contributed by atoms with Gasteiger partial charge in [-0.2, -0.15) is 13.2 Å². The van der Waals surface area contributed by atoms with Gasteiger partial charge >= 0.3 is 12.1 Å². The Morgan fingerprint density at radius 3 is 2.50 bits per heavy atom. The number of methoxy groups -OCH3 is 1. The number of nitrogens with one attached hydrogen (secondary N) is 1. The average Bonchev–Trinajstić information content (AvgIpc) is 3.20. The predicted octanol–water partition coefficient (Wildman–Crippen LogP) is 3.87. The van der Waals surface area contributed by atoms with E-state index in [-0.39, 0.29) is 22.6 Å². The van der Waals surface area contributed by atoms with E-state index >= 15 is 0 Å². The Kier molecular flexibility index (Phi) is 5.44. The number of hydrogen-bond donors (Lipinski definition) is 2. The monoisotopic (exact) mass is 442 g/mol. The maximum absolute atomic E-state index is 13.2. The van der Waals surface area contributed by atoms with Crippen molar-refractivity contribution in [2.75, 3.05) is 11.8 Å². The summed E-state index contributed by atoms with van der Waals surface area (Å²) in [6.45, 7) is 0. The van der Waals surface area contributed by atoms with E-state index in [4.69, 9.17) is 14.3 Å². The van der Waals surface area contributed by atoms with Crippen LogP contribution in [0, 0.1) is 0 Å². The highest BCUT2D eigenvalue weighted by atomic mass is 32.2. The number of halogens is 3. The van der Waals surface area contributed by atoms with Crippen molar-refractivity contribution in [1.82, 2.24) is 4.98 Å². The number of oxazole rings is 1. The van der Waals surface area contributed by atoms with Crippen molar-refractivity contribution >= 4 is 21.7 Å². The topological polar surface area (TPSA) is 119 Å². The molecule has 3 aromatic rings. The van der Waals surface area contributed by atoms with Crippen LogP contribution in [0.25, 0.3) is 11.3 Å². The number of carboxylic acids is 1. The molecule has 3 rings (SSSR count). The molecule has 158 valence electrons. The van der Waals surface area contributed by atoms with Gasteiger partial charge in [0.15, 0.2) is 12.2 Å². The molecule has 30 heavy (non-hydrogen) atoms. The van der Waals surface area contributed by atoms with Crippen LogP contribution in [-0.4, -0.2) is 31.6 Å². The van der Waals surface area contributed by atoms with E-state index in [1.807, 2.05) is 0 Å². The minimum Gasteiger partial charge on any atom is -0.495 e. The quantitative estimate of drug-likeness (QED) is 0.595. The standard InChI is InChI=1S/C18H13F3N2O6S/c1-28-14-5-2-10(17(24)25)6-16(14)30(26,27)23-13-7-11(18(19,20)21)3-4-12(13)15-8-22-9-29-15/h2-9,23H,1H3,(H,24,25). The van der Waals surface area contributed by atoms with E-state index in [0.29, 0.717) is 6.07 Å². The zero-order valence-electron chi connectivity index (χ0n) is 15.1. The Balaban J connectivity index is 2.15. The van der Waals surface area contributed by atoms with Crippen LogP contribution in [0.3, 0.4) is 0 Å². The van der Waals surface area contributed by atoms with Crippen molar-refractivity contribution in [3.63, 3.8) is 0 Å². The number of benzene rings is 2. The van der Waals surface area contributed by atoms with Crippen molar-refractivity contribution in [1.29, 1.82) is 0 Å². The summed E-state index contributed by atoms with van der Waals surface area (Å²) < 4.78 is 77.4. The summed E-state index contributed by atoms with van der Waals surface area (Å²) in [5.41, 5.74) is -1.90. The first kappa shape index (κ1) is 21.2. The largest absolute Gasteiger partial charge is 0.495 e. The molecule has 12 heteroatoms. The maximum atomic E-state index is 13.2. The minimum atomic E-state index is -4.74. The third-order valence-electron chi connectivity index (χ3n) is 3.99. The fourth-order valence-electron chi connectivity index (χ4n) is 2.59. The average molecular weight is 442 g/mol. The van der Waals surface area contributed by atoms with Crippen LogP contribution in [0.1, 0.15) is 15.9 Å². The van der Waals surface area contributed by atoms with Crippen molar-refractivity contribution < 1.29 is 40.6 Å². The lowest BCUT2D eigenvalue weighted by Crippen LogP contribution is -2.16. The number of rotatable bonds is 6. The molecule has 0 aliphatic carbocycles. The Bertz CT molecular complexity index is 1190. The number of nitrogens with zero attached hydrogens (tertiary/aromatic N) is 1. The summed E-state index contributed by atoms with van der Waals surface area (Å²) in [6, 6.07) is 5.49. The number of hydrogen-bond acceptors (Lipinski definition) is 6. The van der Waals surface area contributed by atoms with Crippen LogP contribution >= 0.6 is 0 Å². The van der Waals surface area contributed by atoms with Gasteiger partial charge in [-0.25, -0.2) is 18.2 Å². The van der Waals surface area contributed by atoms with Crippen molar-refractivity contribution in [2.45, 2.75) is 11.1 Å². The molecule has 0 saturated heterocycles. The van der Waals surface area contributed by atoms with Gasteiger partial charge in [0.05, 0.1) is 30.1 Å². The Morgan fingerprint density at radius 1 is 1.20 bits per heavy atom. The van der Waals surface area contributed by atoms with Crippen LogP contribution in [0.2, 0.25) is 0 Å². The Hall–Kier alpha value is -3.54. The van der Waals surface area contributed by atoms with Gasteiger partial charge in [0.2, 0.25) is 0 Å². The van der Waals surface area contributed by atoms with E-state index in [0.717, 1.165) is 36.7 Å². The van der Waals surface area contributed by atoms with E-state index in [2.05, 4.69) is 9.71 Å². The zero-order chi connectivity index (χ0) is 22.1. The van der Waals surface area contributed by atoms with E-state index in [1.54, 1.807) is 0 Å². The molecule has 0 amide bonds. The number of anilines is 1. The van der Waals surface area contributed by atoms with E-state index in [1.165, 1.54) is 13.3 Å². The number of carboxylic acid groups (broad SMARTS) is 1. The molecule has 8 nitrogen and oxygen atoms in total. The lowest BCUT2D eigenvalue weighted by molar-refractivity contribution is -0.137. The molecule has 0 unspecified atom stereocenters. The summed E-state index contributed by atoms with van der Waals surface area (Å²) in [4.78, 5) is 14.3. The fraction of sp³-hybridized carbons (Fsp3) is 0.111. The fourth-order valence-corrected chi connectivity index (χ4v) is 3.85. The molecule has 0 aliphatic heterocycles. The first-order chi connectivity index (χ1) is 14.0. The smallest absolute Gasteiger partial charge is 0.416 e. The van der Waals surface area contributed by atoms with Crippen LogP contribution in [0.5, 0.6) is 5.75 Å². The van der Waals surface area contributed by atoms with Gasteiger partial charge in [-0.1, -0.05) is 0 Å². The van der Waals surface area contributed by atoms with Gasteiger partial charge in [0, 0.05) is 5.56 Å². The molecule has 0 saturated carbocycles. The normalized spacial score (nSPS) is 11.9. The SMILES string of the molecule is COc1ccc(C(=O)O)cc1S(=O)(=O)Nc1cc(C(F)(F)F)ccc1-c1cnco1. The second-order valence-corrected chi connectivity index (χ2v) is 7.55. The first-order valence-corrected chi connectivity index (χ1v) is 9.55. The van der Waals surface area contributed by atoms with Crippen molar-refractivity contribution in [2.24, 2.45) is 0 Å². The number of aromatic carboxylic acids is 1. The number of ether oxygens (including phenoxy) is 1. The molecule has 0 fully saturated rings. The van der Waals surface area contributed by atoms with Gasteiger partial charge in [0.25, 0.3) is 10.0 Å². The van der Waals surface area contributed by atoms with Crippen LogP contribution in [-0.2, 0) is 16.2 Å². The second-order valence-electron chi connectivity index (χ2n) is 5.90. The van der Waals surface area contributed by atoms with Gasteiger partial charge in [-0.15, -0.1) is 0 Å². The summed E-state index contributed by atoms with van der Waals surface area (Å²) >= 11 is 0. The molecule has 0 radical (unpaired) electrons. The van der Waals surface area contributed by atoms with E-state index in [9.17, 15) is 26.4 Å². The zero-order valence-corrected chi connectivity index (χ0v) is 15.9. The molecular weight excluding hydrogens is 429 g/mol. The third-order valence-corrected chi connectivity index (χ3v) is 5.38. The molecular formula is C18H13F3N2O6S. The Morgan fingerprint density at radius 2 is 1.93 bits per heavy atom. The molecule has 0 atom stereocenters. The lowest BCUT2D eigenvalue weighted by atomic mass is 10.1. The number of aromatic nitrogens is 1. The van der Waals surface area contributed by atoms with Crippen LogP contribution in [0.4, 0.5) is 18.9 Å². The summed E-state index contributed by atoms with van der Waals surface area (Å²) in [5.74, 6) is -1.57. The molecule has 1 aromatic heterocycles. The highest BCUT2D eigenvalue weighted by Gasteiger charge is 2.32. The Labute approximate surface area is 168 Å². The van der Waals surface area contributed by atoms with Gasteiger partial charge in [-0.3, -0.25) is 4.72 Å². The van der Waals surface area contributed by atoms with Gasteiger partial charge in [0.1, 0.15) is 10.6 Å². The molecule has 0 aliphatic rings. The molecule has 2 N–H and O–H groups in total. The maximum Gasteiger partial charge on any atom is 0.416 e. The lowest BCUT2D eigenvalue weighted by Gasteiger charge is -2.16. The predicted molar refractivity (Wildman–Crippen MR) is 97.7 cm³/mol. The van der Waals surface area contributed by atoms with Crippen LogP contribution < -0.4 is 9.46 Å².